The normalized spacial score (nSPS) is 14.6. The molecule has 0 aliphatic carbocycles. The highest BCUT2D eigenvalue weighted by Gasteiger charge is 2.27. The van der Waals surface area contributed by atoms with Gasteiger partial charge in [0.2, 0.25) is 0 Å². The molecule has 0 amide bonds. The Morgan fingerprint density at radius 2 is 1.30 bits per heavy atom. The predicted molar refractivity (Wildman–Crippen MR) is 131 cm³/mol. The Bertz CT molecular complexity index is 1170. The van der Waals surface area contributed by atoms with Gasteiger partial charge in [0.05, 0.1) is 25.8 Å². The number of benzene rings is 3. The summed E-state index contributed by atoms with van der Waals surface area (Å²) in [5.74, 6) is 2.30. The number of hydrogen-bond donors (Lipinski definition) is 0. The smallest absolute Gasteiger partial charge is 0.162 e. The quantitative estimate of drug-likeness (QED) is 0.438. The van der Waals surface area contributed by atoms with Crippen LogP contribution in [0.3, 0.4) is 0 Å². The van der Waals surface area contributed by atoms with Crippen LogP contribution >= 0.6 is 0 Å². The van der Waals surface area contributed by atoms with Gasteiger partial charge in [0.25, 0.3) is 0 Å². The zero-order valence-electron chi connectivity index (χ0n) is 19.0. The van der Waals surface area contributed by atoms with E-state index < -0.39 is 0 Å². The van der Waals surface area contributed by atoms with Crippen LogP contribution in [-0.4, -0.2) is 55.3 Å². The number of anilines is 1. The fourth-order valence-electron chi connectivity index (χ4n) is 4.70. The Morgan fingerprint density at radius 3 is 1.88 bits per heavy atom. The van der Waals surface area contributed by atoms with E-state index in [1.54, 1.807) is 20.5 Å². The average molecular weight is 441 g/mol. The lowest BCUT2D eigenvalue weighted by atomic mass is 9.96. The van der Waals surface area contributed by atoms with E-state index in [-0.39, 0.29) is 6.04 Å². The summed E-state index contributed by atoms with van der Waals surface area (Å²) >= 11 is 0. The molecule has 2 heterocycles. The molecule has 0 saturated carbocycles. The number of ether oxygens (including phenoxy) is 2. The molecule has 1 aliphatic rings. The molecule has 0 bridgehead atoms. The molecule has 1 aromatic heterocycles. The highest BCUT2D eigenvalue weighted by Crippen LogP contribution is 2.36. The fourth-order valence-corrected chi connectivity index (χ4v) is 4.70. The van der Waals surface area contributed by atoms with E-state index in [1.807, 2.05) is 12.1 Å². The maximum Gasteiger partial charge on any atom is 0.162 e. The molecular formula is C27H28N4O2. The van der Waals surface area contributed by atoms with Crippen LogP contribution in [-0.2, 0) is 0 Å². The monoisotopic (exact) mass is 440 g/mol. The molecular weight excluding hydrogens is 412 g/mol. The Labute approximate surface area is 194 Å². The predicted octanol–water partition coefficient (Wildman–Crippen LogP) is 4.56. The molecule has 1 saturated heterocycles. The van der Waals surface area contributed by atoms with E-state index in [2.05, 4.69) is 80.4 Å². The van der Waals surface area contributed by atoms with E-state index in [9.17, 15) is 0 Å². The van der Waals surface area contributed by atoms with Crippen LogP contribution in [0.4, 0.5) is 5.82 Å². The molecule has 0 radical (unpaired) electrons. The van der Waals surface area contributed by atoms with Gasteiger partial charge < -0.3 is 14.4 Å². The summed E-state index contributed by atoms with van der Waals surface area (Å²) in [6.07, 6.45) is 1.63. The van der Waals surface area contributed by atoms with Gasteiger partial charge in [0.15, 0.2) is 11.5 Å². The molecule has 0 N–H and O–H groups in total. The second kappa shape index (κ2) is 9.46. The Morgan fingerprint density at radius 1 is 0.727 bits per heavy atom. The highest BCUT2D eigenvalue weighted by atomic mass is 16.5. The summed E-state index contributed by atoms with van der Waals surface area (Å²) in [5, 5.41) is 0.978. The van der Waals surface area contributed by atoms with Gasteiger partial charge in [-0.15, -0.1) is 0 Å². The van der Waals surface area contributed by atoms with Crippen molar-refractivity contribution in [2.24, 2.45) is 0 Å². The lowest BCUT2D eigenvalue weighted by molar-refractivity contribution is 0.212. The molecule has 0 unspecified atom stereocenters. The third-order valence-electron chi connectivity index (χ3n) is 6.33. The van der Waals surface area contributed by atoms with E-state index in [0.717, 1.165) is 42.9 Å². The summed E-state index contributed by atoms with van der Waals surface area (Å²) < 4.78 is 11.0. The van der Waals surface area contributed by atoms with Crippen molar-refractivity contribution >= 4 is 16.7 Å². The number of aromatic nitrogens is 2. The van der Waals surface area contributed by atoms with Crippen molar-refractivity contribution in [1.29, 1.82) is 0 Å². The summed E-state index contributed by atoms with van der Waals surface area (Å²) in [6.45, 7) is 3.65. The van der Waals surface area contributed by atoms with Gasteiger partial charge in [-0.1, -0.05) is 60.7 Å². The molecule has 33 heavy (non-hydrogen) atoms. The van der Waals surface area contributed by atoms with Crippen LogP contribution in [0.25, 0.3) is 10.9 Å². The number of hydrogen-bond acceptors (Lipinski definition) is 6. The zero-order valence-corrected chi connectivity index (χ0v) is 19.0. The van der Waals surface area contributed by atoms with Gasteiger partial charge in [-0.25, -0.2) is 9.97 Å². The van der Waals surface area contributed by atoms with E-state index in [1.165, 1.54) is 11.1 Å². The number of fused-ring (bicyclic) bond motifs is 1. The van der Waals surface area contributed by atoms with Crippen LogP contribution in [0.5, 0.6) is 11.5 Å². The third-order valence-corrected chi connectivity index (χ3v) is 6.33. The first-order valence-electron chi connectivity index (χ1n) is 11.2. The lowest BCUT2D eigenvalue weighted by Crippen LogP contribution is -2.48. The van der Waals surface area contributed by atoms with Crippen LogP contribution in [0.1, 0.15) is 17.2 Å². The molecule has 4 aromatic rings. The van der Waals surface area contributed by atoms with Crippen molar-refractivity contribution in [3.05, 3.63) is 90.3 Å². The lowest BCUT2D eigenvalue weighted by Gasteiger charge is -2.40. The van der Waals surface area contributed by atoms with Gasteiger partial charge in [-0.2, -0.15) is 0 Å². The third kappa shape index (κ3) is 4.22. The standard InChI is InChI=1S/C27H28N4O2/c1-32-24-17-22-23(18-25(24)33-2)28-19-29-27(22)31-15-13-30(14-16-31)26(20-9-5-3-6-10-20)21-11-7-4-8-12-21/h3-12,17-19,26H,13-16H2,1-2H3. The zero-order chi connectivity index (χ0) is 22.6. The first kappa shape index (κ1) is 21.2. The second-order valence-electron chi connectivity index (χ2n) is 8.17. The molecule has 0 atom stereocenters. The summed E-state index contributed by atoms with van der Waals surface area (Å²) in [6, 6.07) is 25.7. The van der Waals surface area contributed by atoms with E-state index in [0.29, 0.717) is 11.5 Å². The molecule has 1 fully saturated rings. The van der Waals surface area contributed by atoms with Crippen molar-refractivity contribution < 1.29 is 9.47 Å². The molecule has 6 heteroatoms. The molecule has 1 aliphatic heterocycles. The van der Waals surface area contributed by atoms with Crippen molar-refractivity contribution in [3.8, 4) is 11.5 Å². The minimum absolute atomic E-state index is 0.237. The molecule has 0 spiro atoms. The minimum Gasteiger partial charge on any atom is -0.493 e. The Hall–Kier alpha value is -3.64. The average Bonchev–Trinajstić information content (AvgIpc) is 2.89. The van der Waals surface area contributed by atoms with Gasteiger partial charge >= 0.3 is 0 Å². The molecule has 6 nitrogen and oxygen atoms in total. The number of piperazine rings is 1. The highest BCUT2D eigenvalue weighted by molar-refractivity contribution is 5.92. The van der Waals surface area contributed by atoms with E-state index >= 15 is 0 Å². The topological polar surface area (TPSA) is 50.7 Å². The molecule has 5 rings (SSSR count). The fraction of sp³-hybridized carbons (Fsp3) is 0.259. The van der Waals surface area contributed by atoms with Gasteiger partial charge in [0, 0.05) is 37.6 Å². The van der Waals surface area contributed by atoms with E-state index in [4.69, 9.17) is 9.47 Å². The van der Waals surface area contributed by atoms with Gasteiger partial charge in [-0.05, 0) is 17.2 Å². The van der Waals surface area contributed by atoms with Gasteiger partial charge in [-0.3, -0.25) is 4.90 Å². The van der Waals surface area contributed by atoms with Crippen molar-refractivity contribution in [1.82, 2.24) is 14.9 Å². The van der Waals surface area contributed by atoms with Crippen LogP contribution in [0.15, 0.2) is 79.1 Å². The second-order valence-corrected chi connectivity index (χ2v) is 8.17. The Balaban J connectivity index is 1.42. The van der Waals surface area contributed by atoms with Crippen molar-refractivity contribution in [2.75, 3.05) is 45.3 Å². The number of methoxy groups -OCH3 is 2. The van der Waals surface area contributed by atoms with Crippen LogP contribution < -0.4 is 14.4 Å². The van der Waals surface area contributed by atoms with Crippen molar-refractivity contribution in [2.45, 2.75) is 6.04 Å². The SMILES string of the molecule is COc1cc2ncnc(N3CCN(C(c4ccccc4)c4ccccc4)CC3)c2cc1OC. The first-order valence-corrected chi connectivity index (χ1v) is 11.2. The number of rotatable bonds is 6. The summed E-state index contributed by atoms with van der Waals surface area (Å²) in [5.41, 5.74) is 3.49. The van der Waals surface area contributed by atoms with Crippen LogP contribution in [0, 0.1) is 0 Å². The molecule has 3 aromatic carbocycles. The minimum atomic E-state index is 0.237. The summed E-state index contributed by atoms with van der Waals surface area (Å²) in [7, 11) is 3.29. The largest absolute Gasteiger partial charge is 0.493 e. The maximum atomic E-state index is 5.53. The first-order chi connectivity index (χ1) is 16.3. The van der Waals surface area contributed by atoms with Gasteiger partial charge in [0.1, 0.15) is 12.1 Å². The Kier molecular flexibility index (Phi) is 6.09. The molecule has 168 valence electrons. The summed E-state index contributed by atoms with van der Waals surface area (Å²) in [4.78, 5) is 14.0. The maximum absolute atomic E-state index is 5.53. The number of nitrogens with zero attached hydrogens (tertiary/aromatic N) is 4. The van der Waals surface area contributed by atoms with Crippen molar-refractivity contribution in [3.63, 3.8) is 0 Å². The van der Waals surface area contributed by atoms with Crippen LogP contribution in [0.2, 0.25) is 0 Å².